The third-order valence-corrected chi connectivity index (χ3v) is 3.94. The predicted molar refractivity (Wildman–Crippen MR) is 87.3 cm³/mol. The van der Waals surface area contributed by atoms with E-state index in [0.29, 0.717) is 11.1 Å². The molecule has 3 aromatic carbocycles. The molecule has 2 N–H and O–H groups in total. The van der Waals surface area contributed by atoms with Gasteiger partial charge in [-0.2, -0.15) is 0 Å². The molecule has 1 heterocycles. The van der Waals surface area contributed by atoms with Crippen LogP contribution in [0.5, 0.6) is 5.75 Å². The van der Waals surface area contributed by atoms with E-state index < -0.39 is 0 Å². The van der Waals surface area contributed by atoms with Crippen molar-refractivity contribution >= 4 is 27.5 Å². The van der Waals surface area contributed by atoms with Gasteiger partial charge in [0.05, 0.1) is 0 Å². The van der Waals surface area contributed by atoms with Crippen LogP contribution in [0, 0.1) is 0 Å². The van der Waals surface area contributed by atoms with E-state index in [9.17, 15) is 9.90 Å². The van der Waals surface area contributed by atoms with Crippen LogP contribution in [-0.2, 0) is 0 Å². The first-order valence-corrected chi connectivity index (χ1v) is 7.06. The Labute approximate surface area is 126 Å². The van der Waals surface area contributed by atoms with Crippen LogP contribution in [-0.4, -0.2) is 15.9 Å². The number of H-pyrrole nitrogens is 1. The number of hydrogen-bond donors (Lipinski definition) is 2. The monoisotopic (exact) mass is 287 g/mol. The van der Waals surface area contributed by atoms with E-state index in [-0.39, 0.29) is 11.5 Å². The van der Waals surface area contributed by atoms with E-state index in [1.165, 1.54) is 0 Å². The molecule has 0 aliphatic heterocycles. The van der Waals surface area contributed by atoms with Gasteiger partial charge in [0.15, 0.2) is 5.78 Å². The van der Waals surface area contributed by atoms with Gasteiger partial charge >= 0.3 is 0 Å². The van der Waals surface area contributed by atoms with Crippen molar-refractivity contribution in [2.24, 2.45) is 0 Å². The van der Waals surface area contributed by atoms with Gasteiger partial charge in [-0.05, 0) is 29.0 Å². The van der Waals surface area contributed by atoms with Gasteiger partial charge in [0.1, 0.15) is 5.75 Å². The third-order valence-electron chi connectivity index (χ3n) is 3.94. The van der Waals surface area contributed by atoms with Gasteiger partial charge in [-0.1, -0.05) is 42.5 Å². The number of phenols is 1. The lowest BCUT2D eigenvalue weighted by molar-refractivity contribution is 0.104. The second kappa shape index (κ2) is 4.74. The van der Waals surface area contributed by atoms with Gasteiger partial charge in [-0.15, -0.1) is 0 Å². The molecule has 0 spiro atoms. The fourth-order valence-corrected chi connectivity index (χ4v) is 2.86. The Kier molecular flexibility index (Phi) is 2.73. The van der Waals surface area contributed by atoms with Gasteiger partial charge in [0.2, 0.25) is 0 Å². The Hall–Kier alpha value is -3.07. The number of aromatic amines is 1. The topological polar surface area (TPSA) is 53.1 Å². The highest BCUT2D eigenvalue weighted by molar-refractivity contribution is 6.21. The summed E-state index contributed by atoms with van der Waals surface area (Å²) >= 11 is 0. The smallest absolute Gasteiger partial charge is 0.195 e. The molecule has 0 bridgehead atoms. The largest absolute Gasteiger partial charge is 0.508 e. The molecular weight excluding hydrogens is 274 g/mol. The SMILES string of the molecule is O=C(c1cccc2ccccc12)c1c[nH]c2ccc(O)cc12. The molecule has 4 aromatic rings. The fourth-order valence-electron chi connectivity index (χ4n) is 2.86. The number of carbonyl (C=O) groups is 1. The predicted octanol–water partition coefficient (Wildman–Crippen LogP) is 4.26. The highest BCUT2D eigenvalue weighted by Crippen LogP contribution is 2.27. The molecule has 3 heteroatoms. The molecule has 0 atom stereocenters. The first-order chi connectivity index (χ1) is 10.7. The molecule has 0 aliphatic carbocycles. The third kappa shape index (κ3) is 1.87. The molecule has 22 heavy (non-hydrogen) atoms. The van der Waals surface area contributed by atoms with Crippen LogP contribution < -0.4 is 0 Å². The van der Waals surface area contributed by atoms with Crippen molar-refractivity contribution < 1.29 is 9.90 Å². The molecule has 0 unspecified atom stereocenters. The van der Waals surface area contributed by atoms with Crippen LogP contribution in [0.25, 0.3) is 21.7 Å². The number of rotatable bonds is 2. The molecule has 0 radical (unpaired) electrons. The van der Waals surface area contributed by atoms with Crippen molar-refractivity contribution in [3.05, 3.63) is 78.0 Å². The Bertz CT molecular complexity index is 1010. The summed E-state index contributed by atoms with van der Waals surface area (Å²) in [6.07, 6.45) is 1.70. The van der Waals surface area contributed by atoms with Crippen molar-refractivity contribution in [1.82, 2.24) is 4.98 Å². The quantitative estimate of drug-likeness (QED) is 0.541. The number of aromatic nitrogens is 1. The first-order valence-electron chi connectivity index (χ1n) is 7.06. The standard InChI is InChI=1S/C19H13NO2/c21-13-8-9-18-16(10-13)17(11-20-18)19(22)15-7-3-5-12-4-1-2-6-14(12)15/h1-11,20-21H. The number of carbonyl (C=O) groups excluding carboxylic acids is 1. The van der Waals surface area contributed by atoms with Crippen LogP contribution in [0.3, 0.4) is 0 Å². The van der Waals surface area contributed by atoms with Gasteiger partial charge in [0.25, 0.3) is 0 Å². The van der Waals surface area contributed by atoms with Crippen LogP contribution in [0.4, 0.5) is 0 Å². The Morgan fingerprint density at radius 3 is 2.59 bits per heavy atom. The maximum Gasteiger partial charge on any atom is 0.195 e. The maximum absolute atomic E-state index is 12.9. The maximum atomic E-state index is 12.9. The number of phenolic OH excluding ortho intramolecular Hbond substituents is 1. The van der Waals surface area contributed by atoms with Crippen molar-refractivity contribution in [3.8, 4) is 5.75 Å². The van der Waals surface area contributed by atoms with Crippen molar-refractivity contribution in [3.63, 3.8) is 0 Å². The molecule has 106 valence electrons. The van der Waals surface area contributed by atoms with E-state index >= 15 is 0 Å². The van der Waals surface area contributed by atoms with Gasteiger partial charge in [-0.3, -0.25) is 4.79 Å². The molecule has 0 saturated carbocycles. The van der Waals surface area contributed by atoms with E-state index in [2.05, 4.69) is 4.98 Å². The van der Waals surface area contributed by atoms with E-state index in [1.54, 1.807) is 24.4 Å². The number of fused-ring (bicyclic) bond motifs is 2. The average Bonchev–Trinajstić information content (AvgIpc) is 2.96. The minimum absolute atomic E-state index is 0.0475. The Balaban J connectivity index is 1.94. The number of ketones is 1. The molecule has 0 aliphatic rings. The fraction of sp³-hybridized carbons (Fsp3) is 0. The van der Waals surface area contributed by atoms with Crippen LogP contribution >= 0.6 is 0 Å². The molecule has 0 saturated heterocycles. The van der Waals surface area contributed by atoms with Gasteiger partial charge < -0.3 is 10.1 Å². The van der Waals surface area contributed by atoms with Crippen LogP contribution in [0.1, 0.15) is 15.9 Å². The van der Waals surface area contributed by atoms with E-state index in [4.69, 9.17) is 0 Å². The minimum atomic E-state index is -0.0475. The molecule has 1 aromatic heterocycles. The molecular formula is C19H13NO2. The zero-order valence-electron chi connectivity index (χ0n) is 11.7. The average molecular weight is 287 g/mol. The highest BCUT2D eigenvalue weighted by Gasteiger charge is 2.16. The lowest BCUT2D eigenvalue weighted by Gasteiger charge is -2.05. The van der Waals surface area contributed by atoms with E-state index in [1.807, 2.05) is 42.5 Å². The van der Waals surface area contributed by atoms with Crippen LogP contribution in [0.2, 0.25) is 0 Å². The molecule has 0 fully saturated rings. The van der Waals surface area contributed by atoms with E-state index in [0.717, 1.165) is 21.7 Å². The summed E-state index contributed by atoms with van der Waals surface area (Å²) in [6, 6.07) is 18.5. The van der Waals surface area contributed by atoms with Crippen molar-refractivity contribution in [2.45, 2.75) is 0 Å². The van der Waals surface area contributed by atoms with Crippen LogP contribution in [0.15, 0.2) is 66.9 Å². The second-order valence-corrected chi connectivity index (χ2v) is 5.29. The first kappa shape index (κ1) is 12.7. The lowest BCUT2D eigenvalue weighted by Crippen LogP contribution is -2.01. The summed E-state index contributed by atoms with van der Waals surface area (Å²) < 4.78 is 0. The normalized spacial score (nSPS) is 11.1. The van der Waals surface area contributed by atoms with Crippen molar-refractivity contribution in [2.75, 3.05) is 0 Å². The zero-order valence-corrected chi connectivity index (χ0v) is 11.7. The molecule has 3 nitrogen and oxygen atoms in total. The summed E-state index contributed by atoms with van der Waals surface area (Å²) in [5.74, 6) is 0.104. The Morgan fingerprint density at radius 1 is 0.864 bits per heavy atom. The zero-order chi connectivity index (χ0) is 15.1. The Morgan fingerprint density at radius 2 is 1.68 bits per heavy atom. The van der Waals surface area contributed by atoms with Gasteiger partial charge in [-0.25, -0.2) is 0 Å². The lowest BCUT2D eigenvalue weighted by atomic mass is 9.97. The number of hydrogen-bond acceptors (Lipinski definition) is 2. The summed E-state index contributed by atoms with van der Waals surface area (Å²) in [4.78, 5) is 16.0. The second-order valence-electron chi connectivity index (χ2n) is 5.29. The summed E-state index contributed by atoms with van der Waals surface area (Å²) in [6.45, 7) is 0. The molecule has 0 amide bonds. The minimum Gasteiger partial charge on any atom is -0.508 e. The van der Waals surface area contributed by atoms with Crippen molar-refractivity contribution in [1.29, 1.82) is 0 Å². The summed E-state index contributed by atoms with van der Waals surface area (Å²) in [5.41, 5.74) is 2.07. The number of nitrogens with one attached hydrogen (secondary N) is 1. The number of aromatic hydroxyl groups is 1. The summed E-state index contributed by atoms with van der Waals surface area (Å²) in [7, 11) is 0. The molecule has 4 rings (SSSR count). The summed E-state index contributed by atoms with van der Waals surface area (Å²) in [5, 5.41) is 12.4. The number of benzene rings is 3. The highest BCUT2D eigenvalue weighted by atomic mass is 16.3. The van der Waals surface area contributed by atoms with Gasteiger partial charge in [0, 0.05) is 28.2 Å².